The monoisotopic (exact) mass is 240 g/mol. The maximum absolute atomic E-state index is 10.7. The topological polar surface area (TPSA) is 65.3 Å². The summed E-state index contributed by atoms with van der Waals surface area (Å²) in [6.45, 7) is 0. The van der Waals surface area contributed by atoms with Crippen molar-refractivity contribution in [3.05, 3.63) is 34.0 Å². The van der Waals surface area contributed by atoms with Crippen LogP contribution in [0.4, 0.5) is 5.69 Å². The van der Waals surface area contributed by atoms with E-state index >= 15 is 0 Å². The van der Waals surface area contributed by atoms with Crippen molar-refractivity contribution < 1.29 is 9.66 Å². The van der Waals surface area contributed by atoms with Crippen LogP contribution in [-0.2, 0) is 0 Å². The minimum Gasteiger partial charge on any atom is -0.481 e. The Kier molecular flexibility index (Phi) is 4.78. The van der Waals surface area contributed by atoms with Gasteiger partial charge in [0.05, 0.1) is 12.0 Å². The molecule has 0 N–H and O–H groups in total. The van der Waals surface area contributed by atoms with Gasteiger partial charge in [-0.2, -0.15) is 12.6 Å². The van der Waals surface area contributed by atoms with E-state index in [1.807, 2.05) is 0 Å². The summed E-state index contributed by atoms with van der Waals surface area (Å²) in [7, 11) is 1.47. The van der Waals surface area contributed by atoms with Gasteiger partial charge in [0, 0.05) is 12.1 Å². The van der Waals surface area contributed by atoms with Gasteiger partial charge in [0.25, 0.3) is 5.69 Å². The first-order valence-corrected chi connectivity index (χ1v) is 5.29. The molecule has 86 valence electrons. The Morgan fingerprint density at radius 1 is 1.62 bits per heavy atom. The lowest BCUT2D eigenvalue weighted by Gasteiger charge is -2.00. The van der Waals surface area contributed by atoms with Crippen molar-refractivity contribution in [2.45, 2.75) is 6.42 Å². The summed E-state index contributed by atoms with van der Waals surface area (Å²) in [6.07, 6.45) is 4.14. The summed E-state index contributed by atoms with van der Waals surface area (Å²) >= 11 is 4.04. The van der Waals surface area contributed by atoms with E-state index in [-0.39, 0.29) is 5.69 Å². The van der Waals surface area contributed by atoms with E-state index in [0.717, 1.165) is 6.42 Å². The fourth-order valence-electron chi connectivity index (χ4n) is 1.11. The third kappa shape index (κ3) is 3.23. The maximum atomic E-state index is 10.7. The Morgan fingerprint density at radius 2 is 2.38 bits per heavy atom. The third-order valence-corrected chi connectivity index (χ3v) is 2.11. The fraction of sp³-hybridized carbons (Fsp3) is 0.300. The molecular weight excluding hydrogens is 228 g/mol. The number of nitrogens with zero attached hydrogens (tertiary/aromatic N) is 2. The van der Waals surface area contributed by atoms with Crippen LogP contribution in [0, 0.1) is 10.1 Å². The molecule has 0 aromatic carbocycles. The zero-order valence-corrected chi connectivity index (χ0v) is 9.68. The van der Waals surface area contributed by atoms with Gasteiger partial charge in [-0.1, -0.05) is 6.08 Å². The van der Waals surface area contributed by atoms with Crippen molar-refractivity contribution in [1.82, 2.24) is 4.98 Å². The van der Waals surface area contributed by atoms with E-state index in [1.54, 1.807) is 12.2 Å². The van der Waals surface area contributed by atoms with Crippen molar-refractivity contribution in [2.75, 3.05) is 12.9 Å². The highest BCUT2D eigenvalue weighted by Gasteiger charge is 2.13. The van der Waals surface area contributed by atoms with Crippen molar-refractivity contribution >= 4 is 24.4 Å². The normalized spacial score (nSPS) is 10.6. The first kappa shape index (κ1) is 12.5. The van der Waals surface area contributed by atoms with E-state index in [2.05, 4.69) is 17.6 Å². The minimum absolute atomic E-state index is 0.0313. The predicted octanol–water partition coefficient (Wildman–Crippen LogP) is 2.33. The molecule has 1 heterocycles. The quantitative estimate of drug-likeness (QED) is 0.487. The number of pyridine rings is 1. The van der Waals surface area contributed by atoms with Crippen LogP contribution < -0.4 is 4.74 Å². The fourth-order valence-corrected chi connectivity index (χ4v) is 1.26. The highest BCUT2D eigenvalue weighted by atomic mass is 32.1. The molecule has 0 spiro atoms. The molecule has 5 nitrogen and oxygen atoms in total. The average Bonchev–Trinajstić information content (AvgIpc) is 2.29. The van der Waals surface area contributed by atoms with Gasteiger partial charge in [-0.15, -0.1) is 0 Å². The molecule has 0 unspecified atom stereocenters. The summed E-state index contributed by atoms with van der Waals surface area (Å²) in [5, 5.41) is 10.7. The molecule has 0 saturated heterocycles. The average molecular weight is 240 g/mol. The van der Waals surface area contributed by atoms with E-state index in [9.17, 15) is 10.1 Å². The molecule has 1 rings (SSSR count). The van der Waals surface area contributed by atoms with Crippen molar-refractivity contribution in [3.63, 3.8) is 0 Å². The van der Waals surface area contributed by atoms with Gasteiger partial charge in [-0.3, -0.25) is 10.1 Å². The molecule has 0 fully saturated rings. The van der Waals surface area contributed by atoms with Crippen LogP contribution in [0.2, 0.25) is 0 Å². The number of thiol groups is 1. The van der Waals surface area contributed by atoms with Crippen LogP contribution in [-0.4, -0.2) is 22.8 Å². The Bertz CT molecular complexity index is 407. The van der Waals surface area contributed by atoms with Crippen molar-refractivity contribution in [1.29, 1.82) is 0 Å². The Morgan fingerprint density at radius 3 is 2.94 bits per heavy atom. The second-order valence-corrected chi connectivity index (χ2v) is 3.38. The molecule has 1 aromatic heterocycles. The predicted molar refractivity (Wildman–Crippen MR) is 64.9 cm³/mol. The van der Waals surface area contributed by atoms with E-state index < -0.39 is 4.92 Å². The smallest absolute Gasteiger partial charge is 0.295 e. The lowest BCUT2D eigenvalue weighted by atomic mass is 10.2. The first-order valence-electron chi connectivity index (χ1n) is 4.66. The van der Waals surface area contributed by atoms with Crippen molar-refractivity contribution in [2.24, 2.45) is 0 Å². The van der Waals surface area contributed by atoms with Gasteiger partial charge in [0.1, 0.15) is 5.69 Å². The molecular formula is C10H12N2O3S. The second-order valence-electron chi connectivity index (χ2n) is 2.93. The summed E-state index contributed by atoms with van der Waals surface area (Å²) in [5.74, 6) is 1.05. The molecule has 1 aromatic rings. The van der Waals surface area contributed by atoms with Gasteiger partial charge in [-0.25, -0.2) is 4.98 Å². The van der Waals surface area contributed by atoms with Gasteiger partial charge >= 0.3 is 0 Å². The molecule has 0 radical (unpaired) electrons. The summed E-state index contributed by atoms with van der Waals surface area (Å²) in [5.41, 5.74) is 0.266. The largest absolute Gasteiger partial charge is 0.481 e. The number of hydrogen-bond acceptors (Lipinski definition) is 5. The van der Waals surface area contributed by atoms with Crippen molar-refractivity contribution in [3.8, 4) is 5.88 Å². The second kappa shape index (κ2) is 6.12. The number of nitro groups is 1. The Hall–Kier alpha value is -1.56. The van der Waals surface area contributed by atoms with E-state index in [4.69, 9.17) is 4.74 Å². The highest BCUT2D eigenvalue weighted by Crippen LogP contribution is 2.21. The molecule has 0 aliphatic heterocycles. The molecule has 16 heavy (non-hydrogen) atoms. The Balaban J connectivity index is 3.05. The SMILES string of the molecule is COc1ccc([N+](=O)[O-])c(C=CCCS)n1. The molecule has 0 saturated carbocycles. The Labute approximate surface area is 98.7 Å². The zero-order valence-electron chi connectivity index (χ0n) is 8.79. The van der Waals surface area contributed by atoms with Gasteiger partial charge in [0.2, 0.25) is 5.88 Å². The summed E-state index contributed by atoms with van der Waals surface area (Å²) in [4.78, 5) is 14.3. The minimum atomic E-state index is -0.465. The standard InChI is InChI=1S/C10H12N2O3S/c1-15-10-6-5-9(12(13)14)8(11-10)4-2-3-7-16/h2,4-6,16H,3,7H2,1H3. The van der Waals surface area contributed by atoms with Crippen LogP contribution in [0.5, 0.6) is 5.88 Å². The van der Waals surface area contributed by atoms with Crippen LogP contribution in [0.3, 0.4) is 0 Å². The van der Waals surface area contributed by atoms with Crippen LogP contribution in [0.25, 0.3) is 6.08 Å². The number of aromatic nitrogens is 1. The summed E-state index contributed by atoms with van der Waals surface area (Å²) in [6, 6.07) is 2.85. The molecule has 0 atom stereocenters. The zero-order chi connectivity index (χ0) is 12.0. The van der Waals surface area contributed by atoms with Crippen LogP contribution >= 0.6 is 12.6 Å². The number of allylic oxidation sites excluding steroid dienone is 1. The first-order chi connectivity index (χ1) is 7.69. The number of hydrogen-bond donors (Lipinski definition) is 1. The number of ether oxygens (including phenoxy) is 1. The lowest BCUT2D eigenvalue weighted by Crippen LogP contribution is -1.96. The number of rotatable bonds is 5. The molecule has 0 bridgehead atoms. The maximum Gasteiger partial charge on any atom is 0.295 e. The highest BCUT2D eigenvalue weighted by molar-refractivity contribution is 7.80. The van der Waals surface area contributed by atoms with Gasteiger partial charge in [0.15, 0.2) is 0 Å². The van der Waals surface area contributed by atoms with Crippen LogP contribution in [0.1, 0.15) is 12.1 Å². The third-order valence-electron chi connectivity index (χ3n) is 1.85. The van der Waals surface area contributed by atoms with Crippen LogP contribution in [0.15, 0.2) is 18.2 Å². The molecule has 0 amide bonds. The van der Waals surface area contributed by atoms with E-state index in [0.29, 0.717) is 17.3 Å². The molecule has 0 aliphatic carbocycles. The summed E-state index contributed by atoms with van der Waals surface area (Å²) < 4.78 is 4.91. The van der Waals surface area contributed by atoms with Gasteiger partial charge in [-0.05, 0) is 18.2 Å². The van der Waals surface area contributed by atoms with Gasteiger partial charge < -0.3 is 4.74 Å². The van der Waals surface area contributed by atoms with E-state index in [1.165, 1.54) is 19.2 Å². The lowest BCUT2D eigenvalue weighted by molar-refractivity contribution is -0.385. The molecule has 0 aliphatic rings. The molecule has 6 heteroatoms. The number of methoxy groups -OCH3 is 1.